The Bertz CT molecular complexity index is 291. The van der Waals surface area contributed by atoms with E-state index >= 15 is 0 Å². The zero-order valence-electron chi connectivity index (χ0n) is 8.28. The van der Waals surface area contributed by atoms with Crippen LogP contribution in [0.2, 0.25) is 0 Å². The summed E-state index contributed by atoms with van der Waals surface area (Å²) in [4.78, 5) is 9.05. The normalized spacial score (nSPS) is 18.6. The molecule has 0 spiro atoms. The Balaban J connectivity index is 2.05. The third-order valence-corrected chi connectivity index (χ3v) is 3.22. The predicted molar refractivity (Wildman–Crippen MR) is 66.7 cm³/mol. The van der Waals surface area contributed by atoms with Gasteiger partial charge in [0.05, 0.1) is 11.9 Å². The third-order valence-electron chi connectivity index (χ3n) is 2.58. The van der Waals surface area contributed by atoms with Gasteiger partial charge in [-0.2, -0.15) is 0 Å². The van der Waals surface area contributed by atoms with E-state index in [2.05, 4.69) is 56.6 Å². The lowest BCUT2D eigenvalue weighted by Gasteiger charge is -2.33. The van der Waals surface area contributed by atoms with Gasteiger partial charge in [0.1, 0.15) is 3.70 Å². The Labute approximate surface area is 98.3 Å². The first-order chi connectivity index (χ1) is 6.75. The second-order valence-corrected chi connectivity index (χ2v) is 4.73. The van der Waals surface area contributed by atoms with Crippen molar-refractivity contribution in [1.29, 1.82) is 0 Å². The first-order valence-corrected chi connectivity index (χ1v) is 5.88. The van der Waals surface area contributed by atoms with Gasteiger partial charge in [0.15, 0.2) is 0 Å². The van der Waals surface area contributed by atoms with Crippen LogP contribution >= 0.6 is 22.6 Å². The fourth-order valence-corrected chi connectivity index (χ4v) is 1.94. The first kappa shape index (κ1) is 10.2. The van der Waals surface area contributed by atoms with Crippen LogP contribution in [0.3, 0.4) is 0 Å². The van der Waals surface area contributed by atoms with Crippen LogP contribution in [0.4, 0.5) is 5.69 Å². The molecule has 0 unspecified atom stereocenters. The third kappa shape index (κ3) is 2.36. The smallest absolute Gasteiger partial charge is 0.101 e. The molecule has 1 aromatic heterocycles. The highest BCUT2D eigenvalue weighted by molar-refractivity contribution is 14.1. The van der Waals surface area contributed by atoms with Crippen LogP contribution in [0.15, 0.2) is 18.3 Å². The number of nitrogens with zero attached hydrogens (tertiary/aromatic N) is 3. The largest absolute Gasteiger partial charge is 0.368 e. The summed E-state index contributed by atoms with van der Waals surface area (Å²) in [7, 11) is 2.17. The van der Waals surface area contributed by atoms with E-state index in [1.54, 1.807) is 0 Å². The molecule has 2 rings (SSSR count). The summed E-state index contributed by atoms with van der Waals surface area (Å²) in [5.74, 6) is 0. The van der Waals surface area contributed by atoms with Crippen molar-refractivity contribution in [1.82, 2.24) is 9.88 Å². The van der Waals surface area contributed by atoms with Crippen molar-refractivity contribution in [2.45, 2.75) is 0 Å². The average molecular weight is 303 g/mol. The van der Waals surface area contributed by atoms with Gasteiger partial charge in [0, 0.05) is 26.2 Å². The lowest BCUT2D eigenvalue weighted by Crippen LogP contribution is -2.44. The molecule has 3 nitrogen and oxygen atoms in total. The molecule has 0 saturated carbocycles. The Morgan fingerprint density at radius 3 is 2.50 bits per heavy atom. The molecule has 76 valence electrons. The molecule has 0 aromatic carbocycles. The van der Waals surface area contributed by atoms with Crippen molar-refractivity contribution in [2.24, 2.45) is 0 Å². The highest BCUT2D eigenvalue weighted by atomic mass is 127. The number of pyridine rings is 1. The molecule has 1 aliphatic heterocycles. The second-order valence-electron chi connectivity index (χ2n) is 3.63. The summed E-state index contributed by atoms with van der Waals surface area (Å²) in [6.45, 7) is 4.51. The van der Waals surface area contributed by atoms with E-state index in [0.717, 1.165) is 29.9 Å². The predicted octanol–water partition coefficient (Wildman–Crippen LogP) is 1.44. The molecule has 0 radical (unpaired) electrons. The van der Waals surface area contributed by atoms with E-state index in [0.29, 0.717) is 0 Å². The molecule has 0 atom stereocenters. The minimum Gasteiger partial charge on any atom is -0.368 e. The number of aromatic nitrogens is 1. The number of hydrogen-bond donors (Lipinski definition) is 0. The maximum Gasteiger partial charge on any atom is 0.101 e. The topological polar surface area (TPSA) is 19.4 Å². The quantitative estimate of drug-likeness (QED) is 0.578. The fourth-order valence-electron chi connectivity index (χ4n) is 1.62. The summed E-state index contributed by atoms with van der Waals surface area (Å²) in [6, 6.07) is 4.22. The zero-order chi connectivity index (χ0) is 9.97. The van der Waals surface area contributed by atoms with Gasteiger partial charge >= 0.3 is 0 Å². The zero-order valence-corrected chi connectivity index (χ0v) is 10.4. The van der Waals surface area contributed by atoms with Crippen molar-refractivity contribution in [3.05, 3.63) is 22.0 Å². The monoisotopic (exact) mass is 303 g/mol. The van der Waals surface area contributed by atoms with Crippen molar-refractivity contribution >= 4 is 28.3 Å². The van der Waals surface area contributed by atoms with Gasteiger partial charge < -0.3 is 9.80 Å². The molecule has 1 aliphatic rings. The molecule has 1 saturated heterocycles. The van der Waals surface area contributed by atoms with E-state index in [-0.39, 0.29) is 0 Å². The van der Waals surface area contributed by atoms with Gasteiger partial charge in [-0.3, -0.25) is 0 Å². The SMILES string of the molecule is CN1CCN(c2ccc(I)nc2)CC1. The molecular weight excluding hydrogens is 289 g/mol. The van der Waals surface area contributed by atoms with E-state index < -0.39 is 0 Å². The molecule has 2 heterocycles. The van der Waals surface area contributed by atoms with Crippen molar-refractivity contribution in [2.75, 3.05) is 38.1 Å². The van der Waals surface area contributed by atoms with Crippen molar-refractivity contribution in [3.63, 3.8) is 0 Å². The number of likely N-dealkylation sites (N-methyl/N-ethyl adjacent to an activating group) is 1. The van der Waals surface area contributed by atoms with Crippen LogP contribution in [0.1, 0.15) is 0 Å². The van der Waals surface area contributed by atoms with Crippen LogP contribution in [-0.2, 0) is 0 Å². The van der Waals surface area contributed by atoms with Crippen LogP contribution in [0.25, 0.3) is 0 Å². The lowest BCUT2D eigenvalue weighted by atomic mass is 10.3. The minimum absolute atomic E-state index is 1.06. The van der Waals surface area contributed by atoms with Crippen molar-refractivity contribution in [3.8, 4) is 0 Å². The van der Waals surface area contributed by atoms with E-state index in [1.165, 1.54) is 5.69 Å². The summed E-state index contributed by atoms with van der Waals surface area (Å²) in [5, 5.41) is 0. The molecule has 0 bridgehead atoms. The summed E-state index contributed by atoms with van der Waals surface area (Å²) in [6.07, 6.45) is 1.97. The van der Waals surface area contributed by atoms with Gasteiger partial charge in [-0.1, -0.05) is 0 Å². The average Bonchev–Trinajstić information content (AvgIpc) is 2.21. The van der Waals surface area contributed by atoms with Crippen LogP contribution in [0.5, 0.6) is 0 Å². The summed E-state index contributed by atoms with van der Waals surface area (Å²) < 4.78 is 1.06. The first-order valence-electron chi connectivity index (χ1n) is 4.81. The number of anilines is 1. The Morgan fingerprint density at radius 1 is 1.21 bits per heavy atom. The van der Waals surface area contributed by atoms with E-state index in [4.69, 9.17) is 0 Å². The molecule has 4 heteroatoms. The van der Waals surface area contributed by atoms with Gasteiger partial charge in [0.25, 0.3) is 0 Å². The van der Waals surface area contributed by atoms with Crippen LogP contribution < -0.4 is 4.90 Å². The lowest BCUT2D eigenvalue weighted by molar-refractivity contribution is 0.313. The van der Waals surface area contributed by atoms with Gasteiger partial charge in [-0.15, -0.1) is 0 Å². The highest BCUT2D eigenvalue weighted by Crippen LogP contribution is 2.15. The van der Waals surface area contributed by atoms with E-state index in [1.807, 2.05) is 6.20 Å². The number of rotatable bonds is 1. The molecule has 1 aromatic rings. The van der Waals surface area contributed by atoms with E-state index in [9.17, 15) is 0 Å². The Hall–Kier alpha value is -0.360. The minimum atomic E-state index is 1.06. The van der Waals surface area contributed by atoms with Gasteiger partial charge in [-0.05, 0) is 41.8 Å². The second kappa shape index (κ2) is 4.44. The van der Waals surface area contributed by atoms with Gasteiger partial charge in [-0.25, -0.2) is 4.98 Å². The molecule has 0 N–H and O–H groups in total. The molecule has 0 amide bonds. The van der Waals surface area contributed by atoms with Crippen LogP contribution in [0, 0.1) is 3.70 Å². The molecule has 14 heavy (non-hydrogen) atoms. The number of piperazine rings is 1. The summed E-state index contributed by atoms with van der Waals surface area (Å²) >= 11 is 2.23. The maximum atomic E-state index is 4.30. The number of halogens is 1. The molecule has 1 fully saturated rings. The Kier molecular flexibility index (Phi) is 3.22. The highest BCUT2D eigenvalue weighted by Gasteiger charge is 2.13. The van der Waals surface area contributed by atoms with Crippen LogP contribution in [-0.4, -0.2) is 43.1 Å². The fraction of sp³-hybridized carbons (Fsp3) is 0.500. The Morgan fingerprint density at radius 2 is 1.93 bits per heavy atom. The van der Waals surface area contributed by atoms with Crippen molar-refractivity contribution < 1.29 is 0 Å². The molecule has 0 aliphatic carbocycles. The van der Waals surface area contributed by atoms with Gasteiger partial charge in [0.2, 0.25) is 0 Å². The molecular formula is C10H14IN3. The maximum absolute atomic E-state index is 4.30. The number of hydrogen-bond acceptors (Lipinski definition) is 3. The summed E-state index contributed by atoms with van der Waals surface area (Å²) in [5.41, 5.74) is 1.25. The standard InChI is InChI=1S/C10H14IN3/c1-13-4-6-14(7-5-13)9-2-3-10(11)12-8-9/h2-3,8H,4-7H2,1H3.